The summed E-state index contributed by atoms with van der Waals surface area (Å²) in [5, 5.41) is 18.4. The summed E-state index contributed by atoms with van der Waals surface area (Å²) >= 11 is 0. The molecule has 11 heteroatoms. The van der Waals surface area contributed by atoms with E-state index in [1.165, 1.54) is 6.07 Å². The van der Waals surface area contributed by atoms with E-state index in [0.717, 1.165) is 62.7 Å². The van der Waals surface area contributed by atoms with Gasteiger partial charge in [0.1, 0.15) is 40.9 Å². The molecule has 41 heavy (non-hydrogen) atoms. The Kier molecular flexibility index (Phi) is 6.16. The van der Waals surface area contributed by atoms with Gasteiger partial charge in [-0.3, -0.25) is 0 Å². The Morgan fingerprint density at radius 2 is 2.07 bits per heavy atom. The fourth-order valence-corrected chi connectivity index (χ4v) is 6.21. The number of pyridine rings is 1. The molecule has 2 unspecified atom stereocenters. The number of anilines is 1. The van der Waals surface area contributed by atoms with Crippen LogP contribution in [-0.2, 0) is 17.9 Å². The number of hydrogen-bond donors (Lipinski definition) is 2. The van der Waals surface area contributed by atoms with E-state index in [9.17, 15) is 14.3 Å². The zero-order chi connectivity index (χ0) is 28.1. The number of ether oxygens (including phenoxy) is 2. The Balaban J connectivity index is 1.02. The van der Waals surface area contributed by atoms with Gasteiger partial charge in [-0.1, -0.05) is 12.1 Å². The molecule has 0 amide bonds. The fraction of sp³-hybridized carbons (Fsp3) is 0.400. The van der Waals surface area contributed by atoms with E-state index in [4.69, 9.17) is 19.7 Å². The number of aromatic nitrogens is 4. The molecular weight excluding hydrogens is 527 g/mol. The van der Waals surface area contributed by atoms with Crippen LogP contribution in [0.25, 0.3) is 11.2 Å². The topological polar surface area (TPSA) is 129 Å². The molecule has 0 radical (unpaired) electrons. The van der Waals surface area contributed by atoms with Gasteiger partial charge in [0, 0.05) is 37.2 Å². The summed E-state index contributed by atoms with van der Waals surface area (Å²) in [6, 6.07) is 13.5. The second kappa shape index (κ2) is 9.89. The number of carbonyl (C=O) groups is 1. The molecule has 1 aromatic carbocycles. The summed E-state index contributed by atoms with van der Waals surface area (Å²) < 4.78 is 27.9. The normalized spacial score (nSPS) is 21.0. The van der Waals surface area contributed by atoms with Crippen molar-refractivity contribution in [2.24, 2.45) is 5.41 Å². The molecule has 5 heterocycles. The maximum Gasteiger partial charge on any atom is 0.352 e. The molecule has 2 atom stereocenters. The van der Waals surface area contributed by atoms with Crippen molar-refractivity contribution in [3.63, 3.8) is 0 Å². The van der Waals surface area contributed by atoms with E-state index < -0.39 is 11.8 Å². The number of carboxylic acids is 1. The largest absolute Gasteiger partial charge is 0.477 e. The van der Waals surface area contributed by atoms with E-state index in [0.29, 0.717) is 29.4 Å². The standard InChI is InChI=1S/C30H29FN6O4/c31-22-12-18(15-32)4-5-19(22)17-41-26-3-1-2-25(35-26)36-9-7-30(8-10-36)14-21(30)27-33-23-13-24(29(38)39)34-28(23)37(27)16-20-6-11-40-20/h1-5,12-13,20-21,34H,6-11,14,16-17H2,(H,38,39). The number of fused-ring (bicyclic) bond motifs is 1. The highest BCUT2D eigenvalue weighted by atomic mass is 19.1. The number of rotatable bonds is 8. The molecule has 7 rings (SSSR count). The number of halogens is 1. The average Bonchev–Trinajstić information content (AvgIpc) is 3.30. The monoisotopic (exact) mass is 556 g/mol. The number of nitriles is 1. The quantitative estimate of drug-likeness (QED) is 0.322. The molecule has 2 N–H and O–H groups in total. The van der Waals surface area contributed by atoms with Crippen LogP contribution in [0.2, 0.25) is 0 Å². The number of carboxylic acid groups (broad SMARTS) is 1. The molecule has 3 aliphatic rings. The third-order valence-corrected chi connectivity index (χ3v) is 8.82. The molecule has 1 saturated carbocycles. The van der Waals surface area contributed by atoms with E-state index >= 15 is 0 Å². The predicted molar refractivity (Wildman–Crippen MR) is 146 cm³/mol. The van der Waals surface area contributed by atoms with Gasteiger partial charge in [-0.25, -0.2) is 14.2 Å². The lowest BCUT2D eigenvalue weighted by Gasteiger charge is -2.34. The van der Waals surface area contributed by atoms with Crippen LogP contribution in [0, 0.1) is 22.6 Å². The molecule has 10 nitrogen and oxygen atoms in total. The van der Waals surface area contributed by atoms with Crippen LogP contribution >= 0.6 is 0 Å². The number of benzene rings is 1. The lowest BCUT2D eigenvalue weighted by Crippen LogP contribution is -2.36. The highest BCUT2D eigenvalue weighted by Crippen LogP contribution is 2.65. The summed E-state index contributed by atoms with van der Waals surface area (Å²) in [5.74, 6) is 1.14. The van der Waals surface area contributed by atoms with Gasteiger partial charge in [-0.15, -0.1) is 0 Å². The molecule has 1 aliphatic carbocycles. The molecular formula is C30H29FN6O4. The van der Waals surface area contributed by atoms with Crippen LogP contribution in [0.1, 0.15) is 59.0 Å². The van der Waals surface area contributed by atoms with Gasteiger partial charge >= 0.3 is 5.97 Å². The lowest BCUT2D eigenvalue weighted by atomic mass is 9.90. The van der Waals surface area contributed by atoms with Crippen molar-refractivity contribution in [3.05, 3.63) is 70.9 Å². The predicted octanol–water partition coefficient (Wildman–Crippen LogP) is 4.61. The average molecular weight is 557 g/mol. The number of nitrogens with one attached hydrogen (secondary N) is 1. The van der Waals surface area contributed by atoms with Gasteiger partial charge in [0.25, 0.3) is 0 Å². The Morgan fingerprint density at radius 3 is 2.78 bits per heavy atom. The van der Waals surface area contributed by atoms with Crippen LogP contribution in [0.15, 0.2) is 42.5 Å². The van der Waals surface area contributed by atoms with Crippen LogP contribution in [0.5, 0.6) is 5.88 Å². The smallest absolute Gasteiger partial charge is 0.352 e. The first kappa shape index (κ1) is 25.5. The molecule has 3 fully saturated rings. The minimum Gasteiger partial charge on any atom is -0.477 e. The minimum absolute atomic E-state index is 0.0271. The SMILES string of the molecule is N#Cc1ccc(COc2cccc(N3CCC4(CC3)CC4c3nc4cc(C(=O)O)[nH]c4n3CC3CCO3)n2)c(F)c1. The van der Waals surface area contributed by atoms with Gasteiger partial charge in [0.05, 0.1) is 24.3 Å². The molecule has 2 saturated heterocycles. The minimum atomic E-state index is -0.990. The second-order valence-corrected chi connectivity index (χ2v) is 11.2. The molecule has 210 valence electrons. The van der Waals surface area contributed by atoms with Crippen molar-refractivity contribution in [1.29, 1.82) is 5.26 Å². The van der Waals surface area contributed by atoms with Crippen LogP contribution in [0.4, 0.5) is 10.2 Å². The number of nitrogens with zero attached hydrogens (tertiary/aromatic N) is 5. The third-order valence-electron chi connectivity index (χ3n) is 8.82. The summed E-state index contributed by atoms with van der Waals surface area (Å²) in [6.07, 6.45) is 4.19. The van der Waals surface area contributed by atoms with Crippen LogP contribution < -0.4 is 9.64 Å². The number of hydrogen-bond acceptors (Lipinski definition) is 7. The summed E-state index contributed by atoms with van der Waals surface area (Å²) in [6.45, 7) is 3.17. The fourth-order valence-electron chi connectivity index (χ4n) is 6.21. The Labute approximate surface area is 235 Å². The van der Waals surface area contributed by atoms with E-state index in [-0.39, 0.29) is 29.4 Å². The number of H-pyrrole nitrogens is 1. The Bertz CT molecular complexity index is 1680. The van der Waals surface area contributed by atoms with Gasteiger partial charge in [-0.05, 0) is 55.4 Å². The lowest BCUT2D eigenvalue weighted by molar-refractivity contribution is -0.0591. The van der Waals surface area contributed by atoms with E-state index in [1.807, 2.05) is 18.2 Å². The van der Waals surface area contributed by atoms with Crippen LogP contribution in [0.3, 0.4) is 0 Å². The van der Waals surface area contributed by atoms with E-state index in [2.05, 4.69) is 19.4 Å². The molecule has 3 aromatic heterocycles. The third kappa shape index (κ3) is 4.68. The van der Waals surface area contributed by atoms with Gasteiger partial charge in [-0.2, -0.15) is 10.2 Å². The van der Waals surface area contributed by atoms with Crippen LogP contribution in [-0.4, -0.2) is 56.4 Å². The van der Waals surface area contributed by atoms with Crippen molar-refractivity contribution in [2.75, 3.05) is 24.6 Å². The first-order chi connectivity index (χ1) is 19.9. The van der Waals surface area contributed by atoms with Crippen molar-refractivity contribution in [3.8, 4) is 11.9 Å². The number of piperidine rings is 1. The second-order valence-electron chi connectivity index (χ2n) is 11.2. The first-order valence-corrected chi connectivity index (χ1v) is 13.9. The molecule has 0 bridgehead atoms. The molecule has 4 aromatic rings. The van der Waals surface area contributed by atoms with Crippen molar-refractivity contribution >= 4 is 23.0 Å². The molecule has 2 aliphatic heterocycles. The maximum absolute atomic E-state index is 14.2. The number of imidazole rings is 1. The molecule has 1 spiro atoms. The summed E-state index contributed by atoms with van der Waals surface area (Å²) in [4.78, 5) is 26.4. The summed E-state index contributed by atoms with van der Waals surface area (Å²) in [7, 11) is 0. The van der Waals surface area contributed by atoms with Gasteiger partial charge in [0.15, 0.2) is 0 Å². The zero-order valence-electron chi connectivity index (χ0n) is 22.3. The van der Waals surface area contributed by atoms with Crippen molar-refractivity contribution in [2.45, 2.75) is 50.9 Å². The van der Waals surface area contributed by atoms with E-state index in [1.54, 1.807) is 24.3 Å². The van der Waals surface area contributed by atoms with Crippen molar-refractivity contribution in [1.82, 2.24) is 19.5 Å². The first-order valence-electron chi connectivity index (χ1n) is 13.9. The zero-order valence-corrected chi connectivity index (χ0v) is 22.3. The highest BCUT2D eigenvalue weighted by Gasteiger charge is 2.57. The highest BCUT2D eigenvalue weighted by molar-refractivity contribution is 5.91. The Morgan fingerprint density at radius 1 is 1.24 bits per heavy atom. The Hall–Kier alpha value is -4.43. The summed E-state index contributed by atoms with van der Waals surface area (Å²) in [5.41, 5.74) is 2.42. The number of aromatic carboxylic acids is 1. The van der Waals surface area contributed by atoms with Gasteiger partial charge in [0.2, 0.25) is 5.88 Å². The van der Waals surface area contributed by atoms with Gasteiger partial charge < -0.3 is 29.0 Å². The maximum atomic E-state index is 14.2. The number of aromatic amines is 1. The van der Waals surface area contributed by atoms with Crippen molar-refractivity contribution < 1.29 is 23.8 Å².